The van der Waals surface area contributed by atoms with Crippen molar-refractivity contribution in [2.75, 3.05) is 14.2 Å². The fourth-order valence-electron chi connectivity index (χ4n) is 1.88. The van der Waals surface area contributed by atoms with Crippen LogP contribution in [0.4, 0.5) is 0 Å². The Bertz CT molecular complexity index is 646. The van der Waals surface area contributed by atoms with Gasteiger partial charge in [-0.05, 0) is 29.8 Å². The quantitative estimate of drug-likeness (QED) is 0.736. The Balaban J connectivity index is 2.02. The zero-order valence-corrected chi connectivity index (χ0v) is 13.9. The summed E-state index contributed by atoms with van der Waals surface area (Å²) in [7, 11) is 3.11. The first-order chi connectivity index (χ1) is 10.6. The molecule has 0 saturated heterocycles. The van der Waals surface area contributed by atoms with E-state index < -0.39 is 0 Å². The van der Waals surface area contributed by atoms with Crippen molar-refractivity contribution in [3.63, 3.8) is 0 Å². The number of ether oxygens (including phenoxy) is 3. The molecule has 1 heterocycles. The van der Waals surface area contributed by atoms with Crippen LogP contribution in [0.2, 0.25) is 0 Å². The maximum absolute atomic E-state index is 11.9. The van der Waals surface area contributed by atoms with Crippen LogP contribution in [-0.4, -0.2) is 25.2 Å². The van der Waals surface area contributed by atoms with Gasteiger partial charge in [0.15, 0.2) is 11.5 Å². The SMILES string of the molecule is COc1cc(Br)c(CC(=O)OCc2ccccn2)cc1OC. The number of pyridine rings is 1. The van der Waals surface area contributed by atoms with Crippen molar-refractivity contribution < 1.29 is 19.0 Å². The van der Waals surface area contributed by atoms with Crippen molar-refractivity contribution >= 4 is 21.9 Å². The van der Waals surface area contributed by atoms with E-state index in [2.05, 4.69) is 20.9 Å². The van der Waals surface area contributed by atoms with E-state index >= 15 is 0 Å². The van der Waals surface area contributed by atoms with Crippen LogP contribution in [0.3, 0.4) is 0 Å². The van der Waals surface area contributed by atoms with Crippen LogP contribution >= 0.6 is 15.9 Å². The number of carbonyl (C=O) groups is 1. The molecule has 0 bridgehead atoms. The summed E-state index contributed by atoms with van der Waals surface area (Å²) in [6.45, 7) is 0.157. The lowest BCUT2D eigenvalue weighted by molar-refractivity contribution is -0.144. The van der Waals surface area contributed by atoms with Gasteiger partial charge in [-0.25, -0.2) is 0 Å². The molecule has 116 valence electrons. The molecular formula is C16H16BrNO4. The van der Waals surface area contributed by atoms with Gasteiger partial charge in [0.25, 0.3) is 0 Å². The maximum Gasteiger partial charge on any atom is 0.310 e. The molecular weight excluding hydrogens is 350 g/mol. The molecule has 6 heteroatoms. The lowest BCUT2D eigenvalue weighted by Gasteiger charge is -2.11. The van der Waals surface area contributed by atoms with E-state index in [-0.39, 0.29) is 19.0 Å². The molecule has 0 radical (unpaired) electrons. The third-order valence-electron chi connectivity index (χ3n) is 2.99. The highest BCUT2D eigenvalue weighted by molar-refractivity contribution is 9.10. The van der Waals surface area contributed by atoms with Crippen molar-refractivity contribution in [3.05, 3.63) is 52.3 Å². The molecule has 0 fully saturated rings. The van der Waals surface area contributed by atoms with E-state index in [4.69, 9.17) is 14.2 Å². The Morgan fingerprint density at radius 2 is 1.91 bits per heavy atom. The Morgan fingerprint density at radius 3 is 2.55 bits per heavy atom. The predicted octanol–water partition coefficient (Wildman–Crippen LogP) is 3.15. The smallest absolute Gasteiger partial charge is 0.310 e. The lowest BCUT2D eigenvalue weighted by atomic mass is 10.1. The minimum absolute atomic E-state index is 0.133. The van der Waals surface area contributed by atoms with Gasteiger partial charge < -0.3 is 14.2 Å². The molecule has 0 spiro atoms. The van der Waals surface area contributed by atoms with Crippen molar-refractivity contribution in [2.45, 2.75) is 13.0 Å². The van der Waals surface area contributed by atoms with Crippen molar-refractivity contribution in [3.8, 4) is 11.5 Å². The highest BCUT2D eigenvalue weighted by atomic mass is 79.9. The highest BCUT2D eigenvalue weighted by Crippen LogP contribution is 2.33. The molecule has 5 nitrogen and oxygen atoms in total. The van der Waals surface area contributed by atoms with Gasteiger partial charge in [0.05, 0.1) is 26.3 Å². The van der Waals surface area contributed by atoms with Crippen LogP contribution in [0.25, 0.3) is 0 Å². The number of halogens is 1. The van der Waals surface area contributed by atoms with Gasteiger partial charge in [0.1, 0.15) is 6.61 Å². The Morgan fingerprint density at radius 1 is 1.18 bits per heavy atom. The average Bonchev–Trinajstić information content (AvgIpc) is 2.55. The molecule has 22 heavy (non-hydrogen) atoms. The van der Waals surface area contributed by atoms with E-state index in [1.807, 2.05) is 12.1 Å². The molecule has 0 unspecified atom stereocenters. The Labute approximate surface area is 137 Å². The highest BCUT2D eigenvalue weighted by Gasteiger charge is 2.13. The first kappa shape index (κ1) is 16.3. The summed E-state index contributed by atoms with van der Waals surface area (Å²) in [6.07, 6.45) is 1.79. The third kappa shape index (κ3) is 4.21. The number of hydrogen-bond acceptors (Lipinski definition) is 5. The molecule has 0 aliphatic rings. The van der Waals surface area contributed by atoms with Gasteiger partial charge in [0.2, 0.25) is 0 Å². The first-order valence-corrected chi connectivity index (χ1v) is 7.39. The number of carbonyl (C=O) groups excluding carboxylic acids is 1. The van der Waals surface area contributed by atoms with Crippen LogP contribution in [0, 0.1) is 0 Å². The van der Waals surface area contributed by atoms with E-state index in [9.17, 15) is 4.79 Å². The molecule has 0 saturated carbocycles. The number of hydrogen-bond donors (Lipinski definition) is 0. The van der Waals surface area contributed by atoms with Crippen LogP contribution in [0.1, 0.15) is 11.3 Å². The van der Waals surface area contributed by atoms with Crippen molar-refractivity contribution in [1.82, 2.24) is 4.98 Å². The lowest BCUT2D eigenvalue weighted by Crippen LogP contribution is -2.09. The van der Waals surface area contributed by atoms with Gasteiger partial charge >= 0.3 is 5.97 Å². The van der Waals surface area contributed by atoms with Gasteiger partial charge in [-0.15, -0.1) is 0 Å². The van der Waals surface area contributed by atoms with Gasteiger partial charge in [-0.1, -0.05) is 22.0 Å². The molecule has 2 rings (SSSR count). The minimum Gasteiger partial charge on any atom is -0.493 e. The Kier molecular flexibility index (Phi) is 5.77. The van der Waals surface area contributed by atoms with Crippen molar-refractivity contribution in [2.24, 2.45) is 0 Å². The number of methoxy groups -OCH3 is 2. The van der Waals surface area contributed by atoms with Gasteiger partial charge in [-0.3, -0.25) is 9.78 Å². The zero-order valence-electron chi connectivity index (χ0n) is 12.3. The van der Waals surface area contributed by atoms with Crippen LogP contribution in [0.15, 0.2) is 41.0 Å². The van der Waals surface area contributed by atoms with Crippen LogP contribution < -0.4 is 9.47 Å². The summed E-state index contributed by atoms with van der Waals surface area (Å²) in [4.78, 5) is 16.1. The summed E-state index contributed by atoms with van der Waals surface area (Å²) >= 11 is 3.42. The Hall–Kier alpha value is -2.08. The summed E-state index contributed by atoms with van der Waals surface area (Å²) in [5, 5.41) is 0. The molecule has 0 N–H and O–H groups in total. The van der Waals surface area contributed by atoms with E-state index in [0.29, 0.717) is 17.2 Å². The summed E-state index contributed by atoms with van der Waals surface area (Å²) in [5.74, 6) is 0.830. The summed E-state index contributed by atoms with van der Waals surface area (Å²) < 4.78 is 16.4. The van der Waals surface area contributed by atoms with E-state index in [0.717, 1.165) is 10.0 Å². The molecule has 0 aliphatic carbocycles. The molecule has 1 aromatic carbocycles. The molecule has 2 aromatic rings. The van der Waals surface area contributed by atoms with Gasteiger partial charge in [0, 0.05) is 10.7 Å². The second kappa shape index (κ2) is 7.79. The third-order valence-corrected chi connectivity index (χ3v) is 3.73. The largest absolute Gasteiger partial charge is 0.493 e. The van der Waals surface area contributed by atoms with Gasteiger partial charge in [-0.2, -0.15) is 0 Å². The van der Waals surface area contributed by atoms with Crippen molar-refractivity contribution in [1.29, 1.82) is 0 Å². The molecule has 0 amide bonds. The maximum atomic E-state index is 11.9. The molecule has 0 aliphatic heterocycles. The number of aromatic nitrogens is 1. The van der Waals surface area contributed by atoms with E-state index in [1.165, 1.54) is 0 Å². The normalized spacial score (nSPS) is 10.1. The van der Waals surface area contributed by atoms with Crippen LogP contribution in [0.5, 0.6) is 11.5 Å². The number of nitrogens with zero attached hydrogens (tertiary/aromatic N) is 1. The van der Waals surface area contributed by atoms with E-state index in [1.54, 1.807) is 38.6 Å². The average molecular weight is 366 g/mol. The zero-order chi connectivity index (χ0) is 15.9. The molecule has 0 atom stereocenters. The number of rotatable bonds is 6. The fourth-order valence-corrected chi connectivity index (χ4v) is 2.34. The standard InChI is InChI=1S/C16H16BrNO4/c1-20-14-7-11(13(17)9-15(14)21-2)8-16(19)22-10-12-5-3-4-6-18-12/h3-7,9H,8,10H2,1-2H3. The van der Waals surface area contributed by atoms with Crippen LogP contribution in [-0.2, 0) is 22.6 Å². The first-order valence-electron chi connectivity index (χ1n) is 6.60. The predicted molar refractivity (Wildman–Crippen MR) is 85.0 cm³/mol. The topological polar surface area (TPSA) is 57.7 Å². The summed E-state index contributed by atoms with van der Waals surface area (Å²) in [5.41, 5.74) is 1.48. The fraction of sp³-hybridized carbons (Fsp3) is 0.250. The monoisotopic (exact) mass is 365 g/mol. The number of esters is 1. The number of benzene rings is 1. The summed E-state index contributed by atoms with van der Waals surface area (Å²) in [6, 6.07) is 8.98. The second-order valence-corrected chi connectivity index (χ2v) is 5.31. The minimum atomic E-state index is -0.335. The second-order valence-electron chi connectivity index (χ2n) is 4.46. The molecule has 1 aromatic heterocycles.